The molecule has 0 spiro atoms. The van der Waals surface area contributed by atoms with Gasteiger partial charge < -0.3 is 9.42 Å². The molecule has 0 aliphatic rings. The van der Waals surface area contributed by atoms with Crippen molar-refractivity contribution < 1.29 is 4.52 Å². The molecule has 8 heteroatoms. The number of benzene rings is 1. The minimum Gasteiger partial charge on any atom is -0.344 e. The summed E-state index contributed by atoms with van der Waals surface area (Å²) in [4.78, 5) is 6.02. The van der Waals surface area contributed by atoms with E-state index in [2.05, 4.69) is 25.7 Å². The maximum absolute atomic E-state index is 5.17. The third-order valence-electron chi connectivity index (χ3n) is 2.93. The summed E-state index contributed by atoms with van der Waals surface area (Å²) in [6.07, 6.45) is 3.79. The van der Waals surface area contributed by atoms with Gasteiger partial charge >= 0.3 is 0 Å². The zero-order valence-corrected chi connectivity index (χ0v) is 12.3. The number of tetrazole rings is 1. The minimum atomic E-state index is 0.322. The predicted octanol–water partition coefficient (Wildman–Crippen LogP) is 1.34. The third-order valence-corrected chi connectivity index (χ3v) is 2.93. The lowest BCUT2D eigenvalue weighted by atomic mass is 10.2. The van der Waals surface area contributed by atoms with Crippen molar-refractivity contribution in [2.75, 3.05) is 19.0 Å². The molecule has 3 rings (SSSR count). The smallest absolute Gasteiger partial charge is 0.265 e. The van der Waals surface area contributed by atoms with E-state index >= 15 is 0 Å². The molecule has 0 N–H and O–H groups in total. The largest absolute Gasteiger partial charge is 0.344 e. The van der Waals surface area contributed by atoms with E-state index < -0.39 is 0 Å². The number of aromatic nitrogens is 6. The molecule has 2 heterocycles. The Kier molecular flexibility index (Phi) is 3.90. The first-order valence-corrected chi connectivity index (χ1v) is 6.71. The van der Waals surface area contributed by atoms with Crippen molar-refractivity contribution in [2.45, 2.75) is 6.54 Å². The average molecular weight is 297 g/mol. The highest BCUT2D eigenvalue weighted by atomic mass is 16.5. The highest BCUT2D eigenvalue weighted by Crippen LogP contribution is 2.09. The Morgan fingerprint density at radius 3 is 2.73 bits per heavy atom. The van der Waals surface area contributed by atoms with Crippen LogP contribution in [0.5, 0.6) is 0 Å². The summed E-state index contributed by atoms with van der Waals surface area (Å²) in [5.41, 5.74) is 1.07. The van der Waals surface area contributed by atoms with Crippen LogP contribution in [-0.2, 0) is 6.54 Å². The zero-order chi connectivity index (χ0) is 15.4. The summed E-state index contributed by atoms with van der Waals surface area (Å²) >= 11 is 0. The molecule has 0 radical (unpaired) electrons. The zero-order valence-electron chi connectivity index (χ0n) is 12.3. The van der Waals surface area contributed by atoms with Crippen LogP contribution >= 0.6 is 0 Å². The molecule has 0 amide bonds. The first-order valence-electron chi connectivity index (χ1n) is 6.71. The van der Waals surface area contributed by atoms with Crippen LogP contribution in [0.3, 0.4) is 0 Å². The number of hydrogen-bond donors (Lipinski definition) is 0. The fraction of sp³-hybridized carbons (Fsp3) is 0.214. The summed E-state index contributed by atoms with van der Waals surface area (Å²) in [7, 11) is 3.69. The van der Waals surface area contributed by atoms with E-state index in [0.717, 1.165) is 5.56 Å². The van der Waals surface area contributed by atoms with Gasteiger partial charge in [-0.1, -0.05) is 36.4 Å². The van der Waals surface area contributed by atoms with Crippen LogP contribution in [0.1, 0.15) is 17.3 Å². The van der Waals surface area contributed by atoms with Crippen LogP contribution in [-0.4, -0.2) is 44.4 Å². The van der Waals surface area contributed by atoms with Gasteiger partial charge in [0.25, 0.3) is 5.95 Å². The molecule has 3 aromatic rings. The normalized spacial score (nSPS) is 11.2. The molecule has 0 saturated heterocycles. The fourth-order valence-corrected chi connectivity index (χ4v) is 1.80. The fourth-order valence-electron chi connectivity index (χ4n) is 1.80. The Balaban J connectivity index is 1.75. The maximum atomic E-state index is 5.17. The molecular weight excluding hydrogens is 282 g/mol. The van der Waals surface area contributed by atoms with Crippen molar-refractivity contribution in [2.24, 2.45) is 0 Å². The van der Waals surface area contributed by atoms with Crippen molar-refractivity contribution in [3.63, 3.8) is 0 Å². The lowest BCUT2D eigenvalue weighted by Gasteiger charge is -2.02. The molecule has 0 saturated carbocycles. The van der Waals surface area contributed by atoms with Crippen LogP contribution in [0, 0.1) is 0 Å². The Hall–Kier alpha value is -3.03. The summed E-state index contributed by atoms with van der Waals surface area (Å²) in [5, 5.41) is 15.5. The van der Waals surface area contributed by atoms with E-state index in [1.807, 2.05) is 56.6 Å². The second-order valence-corrected chi connectivity index (χ2v) is 4.82. The molecule has 0 aliphatic carbocycles. The monoisotopic (exact) mass is 297 g/mol. The predicted molar refractivity (Wildman–Crippen MR) is 80.9 cm³/mol. The van der Waals surface area contributed by atoms with Gasteiger partial charge in [0.2, 0.25) is 5.89 Å². The van der Waals surface area contributed by atoms with Gasteiger partial charge in [0.1, 0.15) is 6.54 Å². The molecule has 112 valence electrons. The van der Waals surface area contributed by atoms with Crippen molar-refractivity contribution >= 4 is 18.1 Å². The molecule has 0 fully saturated rings. The Labute approximate surface area is 127 Å². The molecule has 0 aliphatic heterocycles. The minimum absolute atomic E-state index is 0.322. The molecule has 22 heavy (non-hydrogen) atoms. The van der Waals surface area contributed by atoms with Gasteiger partial charge in [-0.05, 0) is 27.2 Å². The lowest BCUT2D eigenvalue weighted by Crippen LogP contribution is -2.10. The second-order valence-electron chi connectivity index (χ2n) is 4.82. The van der Waals surface area contributed by atoms with Gasteiger partial charge in [0.15, 0.2) is 5.82 Å². The summed E-state index contributed by atoms with van der Waals surface area (Å²) < 4.78 is 6.78. The van der Waals surface area contributed by atoms with Crippen molar-refractivity contribution in [1.29, 1.82) is 0 Å². The van der Waals surface area contributed by atoms with E-state index in [0.29, 0.717) is 24.2 Å². The summed E-state index contributed by atoms with van der Waals surface area (Å²) in [5.74, 6) is 1.59. The Morgan fingerprint density at radius 2 is 2.00 bits per heavy atom. The average Bonchev–Trinajstić information content (AvgIpc) is 3.16. The van der Waals surface area contributed by atoms with Gasteiger partial charge in [0, 0.05) is 14.1 Å². The quantitative estimate of drug-likeness (QED) is 0.702. The number of nitrogens with zero attached hydrogens (tertiary/aromatic N) is 7. The highest BCUT2D eigenvalue weighted by Gasteiger charge is 2.11. The molecule has 2 aromatic heterocycles. The van der Waals surface area contributed by atoms with Gasteiger partial charge in [-0.2, -0.15) is 4.98 Å². The van der Waals surface area contributed by atoms with Crippen molar-refractivity contribution in [3.05, 3.63) is 47.6 Å². The molecule has 8 nitrogen and oxygen atoms in total. The van der Waals surface area contributed by atoms with E-state index in [1.165, 1.54) is 0 Å². The van der Waals surface area contributed by atoms with Crippen LogP contribution in [0.15, 0.2) is 34.9 Å². The molecule has 1 aromatic carbocycles. The second kappa shape index (κ2) is 6.17. The third kappa shape index (κ3) is 3.17. The number of rotatable bonds is 5. The van der Waals surface area contributed by atoms with Gasteiger partial charge in [-0.25, -0.2) is 4.68 Å². The Morgan fingerprint density at radius 1 is 1.18 bits per heavy atom. The molecular formula is C14H15N7O. The van der Waals surface area contributed by atoms with E-state index in [1.54, 1.807) is 9.58 Å². The first-order chi connectivity index (χ1) is 10.7. The van der Waals surface area contributed by atoms with Gasteiger partial charge in [-0.3, -0.25) is 0 Å². The van der Waals surface area contributed by atoms with Crippen molar-refractivity contribution in [3.8, 4) is 0 Å². The van der Waals surface area contributed by atoms with Crippen LogP contribution < -0.4 is 4.90 Å². The van der Waals surface area contributed by atoms with E-state index in [9.17, 15) is 0 Å². The van der Waals surface area contributed by atoms with Crippen molar-refractivity contribution in [1.82, 2.24) is 30.3 Å². The highest BCUT2D eigenvalue weighted by molar-refractivity contribution is 5.66. The standard InChI is InChI=1S/C14H15N7O/c1-20(2)14-15-13(22-17-14)10-21-12(16-18-19-21)9-8-11-6-4-3-5-7-11/h3-9H,10H2,1-2H3. The van der Waals surface area contributed by atoms with E-state index in [4.69, 9.17) is 4.52 Å². The van der Waals surface area contributed by atoms with Gasteiger partial charge in [-0.15, -0.1) is 5.10 Å². The SMILES string of the molecule is CN(C)c1noc(Cn2nnnc2C=Cc2ccccc2)n1. The topological polar surface area (TPSA) is 85.8 Å². The lowest BCUT2D eigenvalue weighted by molar-refractivity contribution is 0.363. The first kappa shape index (κ1) is 13.9. The molecule has 0 bridgehead atoms. The van der Waals surface area contributed by atoms with Gasteiger partial charge in [0.05, 0.1) is 0 Å². The van der Waals surface area contributed by atoms with Crippen LogP contribution in [0.4, 0.5) is 5.95 Å². The summed E-state index contributed by atoms with van der Waals surface area (Å²) in [6.45, 7) is 0.322. The Bertz CT molecular complexity index is 760. The summed E-state index contributed by atoms with van der Waals surface area (Å²) in [6, 6.07) is 9.94. The molecule has 0 atom stereocenters. The molecule has 0 unspecified atom stereocenters. The number of anilines is 1. The van der Waals surface area contributed by atoms with Crippen LogP contribution in [0.25, 0.3) is 12.2 Å². The maximum Gasteiger partial charge on any atom is 0.265 e. The van der Waals surface area contributed by atoms with E-state index in [-0.39, 0.29) is 0 Å². The van der Waals surface area contributed by atoms with Crippen LogP contribution in [0.2, 0.25) is 0 Å². The number of hydrogen-bond acceptors (Lipinski definition) is 7.